The fraction of sp³-hybridized carbons (Fsp3) is 0.619. The molecule has 1 aromatic carbocycles. The second kappa shape index (κ2) is 7.76. The summed E-state index contributed by atoms with van der Waals surface area (Å²) in [6, 6.07) is 6.76. The standard InChI is InChI=1S/C21H26F3N3O/c22-21(23,24)20-25-17-8-4-5-9-18(17)27(20)14-15-10-12-26(13-11-15)19(28)16-6-2-1-3-7-16/h4-5,8-9,15-16H,1-3,6-7,10-14H2. The lowest BCUT2D eigenvalue weighted by molar-refractivity contribution is -0.147. The van der Waals surface area contributed by atoms with Gasteiger partial charge in [0.15, 0.2) is 0 Å². The highest BCUT2D eigenvalue weighted by Crippen LogP contribution is 2.33. The molecule has 2 fully saturated rings. The summed E-state index contributed by atoms with van der Waals surface area (Å²) in [5.74, 6) is -0.301. The van der Waals surface area contributed by atoms with E-state index in [9.17, 15) is 18.0 Å². The van der Waals surface area contributed by atoms with Crippen LogP contribution in [0.15, 0.2) is 24.3 Å². The van der Waals surface area contributed by atoms with E-state index in [1.54, 1.807) is 24.3 Å². The van der Waals surface area contributed by atoms with Gasteiger partial charge in [0.1, 0.15) is 0 Å². The summed E-state index contributed by atoms with van der Waals surface area (Å²) in [6.07, 6.45) is 2.43. The van der Waals surface area contributed by atoms with Crippen LogP contribution in [0.1, 0.15) is 50.8 Å². The van der Waals surface area contributed by atoms with E-state index in [1.807, 2.05) is 4.90 Å². The Balaban J connectivity index is 1.44. The molecule has 1 amide bonds. The van der Waals surface area contributed by atoms with E-state index in [2.05, 4.69) is 4.98 Å². The number of hydrogen-bond acceptors (Lipinski definition) is 2. The van der Waals surface area contributed by atoms with E-state index in [4.69, 9.17) is 0 Å². The van der Waals surface area contributed by atoms with Crippen LogP contribution in [0, 0.1) is 11.8 Å². The molecule has 0 radical (unpaired) electrons. The number of aromatic nitrogens is 2. The molecule has 0 N–H and O–H groups in total. The largest absolute Gasteiger partial charge is 0.449 e. The van der Waals surface area contributed by atoms with Crippen LogP contribution >= 0.6 is 0 Å². The summed E-state index contributed by atoms with van der Waals surface area (Å²) in [4.78, 5) is 18.5. The van der Waals surface area contributed by atoms with Crippen LogP contribution in [0.4, 0.5) is 13.2 Å². The van der Waals surface area contributed by atoms with Crippen molar-refractivity contribution in [3.8, 4) is 0 Å². The van der Waals surface area contributed by atoms with Crippen molar-refractivity contribution in [2.45, 2.75) is 57.7 Å². The van der Waals surface area contributed by atoms with Gasteiger partial charge in [-0.2, -0.15) is 13.2 Å². The smallest absolute Gasteiger partial charge is 0.342 e. The number of piperidine rings is 1. The number of rotatable bonds is 3. The average molecular weight is 393 g/mol. The Bertz CT molecular complexity index is 831. The molecule has 1 aliphatic heterocycles. The van der Waals surface area contributed by atoms with Gasteiger partial charge >= 0.3 is 6.18 Å². The van der Waals surface area contributed by atoms with Gasteiger partial charge in [0.25, 0.3) is 0 Å². The van der Waals surface area contributed by atoms with Gasteiger partial charge in [-0.1, -0.05) is 31.4 Å². The minimum atomic E-state index is -4.48. The first-order valence-electron chi connectivity index (χ1n) is 10.2. The monoisotopic (exact) mass is 393 g/mol. The van der Waals surface area contributed by atoms with Crippen LogP contribution in [-0.4, -0.2) is 33.4 Å². The molecule has 0 atom stereocenters. The van der Waals surface area contributed by atoms with Gasteiger partial charge in [-0.25, -0.2) is 4.98 Å². The van der Waals surface area contributed by atoms with Crippen LogP contribution in [0.3, 0.4) is 0 Å². The fourth-order valence-electron chi connectivity index (χ4n) is 4.68. The van der Waals surface area contributed by atoms with Crippen molar-refractivity contribution in [2.24, 2.45) is 11.8 Å². The first kappa shape index (κ1) is 19.3. The van der Waals surface area contributed by atoms with Crippen LogP contribution in [-0.2, 0) is 17.5 Å². The summed E-state index contributed by atoms with van der Waals surface area (Å²) in [7, 11) is 0. The third-order valence-electron chi connectivity index (χ3n) is 6.23. The molecule has 7 heteroatoms. The minimum Gasteiger partial charge on any atom is -0.342 e. The van der Waals surface area contributed by atoms with Crippen molar-refractivity contribution in [2.75, 3.05) is 13.1 Å². The summed E-state index contributed by atoms with van der Waals surface area (Å²) in [5.41, 5.74) is 0.898. The Morgan fingerprint density at radius 1 is 1.04 bits per heavy atom. The molecule has 28 heavy (non-hydrogen) atoms. The molecule has 2 aromatic rings. The molecule has 1 aliphatic carbocycles. The van der Waals surface area contributed by atoms with Gasteiger partial charge in [-0.15, -0.1) is 0 Å². The molecule has 0 unspecified atom stereocenters. The molecule has 152 valence electrons. The number of imidazole rings is 1. The molecular weight excluding hydrogens is 367 g/mol. The Labute approximate surface area is 162 Å². The third kappa shape index (κ3) is 3.89. The summed E-state index contributed by atoms with van der Waals surface area (Å²) < 4.78 is 41.8. The van der Waals surface area contributed by atoms with Crippen LogP contribution in [0.5, 0.6) is 0 Å². The van der Waals surface area contributed by atoms with Gasteiger partial charge in [0.05, 0.1) is 11.0 Å². The van der Waals surface area contributed by atoms with Gasteiger partial charge < -0.3 is 9.47 Å². The molecule has 4 nitrogen and oxygen atoms in total. The molecular formula is C21H26F3N3O. The number of hydrogen-bond donors (Lipinski definition) is 0. The zero-order valence-corrected chi connectivity index (χ0v) is 15.9. The second-order valence-corrected chi connectivity index (χ2v) is 8.14. The normalized spacial score (nSPS) is 20.0. The van der Waals surface area contributed by atoms with Crippen LogP contribution < -0.4 is 0 Å². The molecule has 0 spiro atoms. The van der Waals surface area contributed by atoms with E-state index in [0.29, 0.717) is 30.7 Å². The molecule has 4 rings (SSSR count). The van der Waals surface area contributed by atoms with Crippen molar-refractivity contribution in [3.05, 3.63) is 30.1 Å². The van der Waals surface area contributed by atoms with Crippen molar-refractivity contribution in [3.63, 3.8) is 0 Å². The van der Waals surface area contributed by atoms with Gasteiger partial charge in [0, 0.05) is 25.6 Å². The number of carbonyl (C=O) groups excluding carboxylic acids is 1. The first-order chi connectivity index (χ1) is 13.4. The second-order valence-electron chi connectivity index (χ2n) is 8.14. The lowest BCUT2D eigenvalue weighted by Crippen LogP contribution is -2.43. The number of fused-ring (bicyclic) bond motifs is 1. The van der Waals surface area contributed by atoms with E-state index < -0.39 is 12.0 Å². The molecule has 1 saturated heterocycles. The van der Waals surface area contributed by atoms with Gasteiger partial charge in [0.2, 0.25) is 11.7 Å². The first-order valence-corrected chi connectivity index (χ1v) is 10.2. The number of likely N-dealkylation sites (tertiary alicyclic amines) is 1. The molecule has 0 bridgehead atoms. The Morgan fingerprint density at radius 2 is 1.71 bits per heavy atom. The molecule has 2 aliphatic rings. The van der Waals surface area contributed by atoms with E-state index in [1.165, 1.54) is 11.0 Å². The number of para-hydroxylation sites is 2. The maximum Gasteiger partial charge on any atom is 0.449 e. The molecule has 2 heterocycles. The van der Waals surface area contributed by atoms with Crippen molar-refractivity contribution >= 4 is 16.9 Å². The number of halogens is 3. The fourth-order valence-corrected chi connectivity index (χ4v) is 4.68. The summed E-state index contributed by atoms with van der Waals surface area (Å²) in [6.45, 7) is 1.59. The number of benzene rings is 1. The highest BCUT2D eigenvalue weighted by molar-refractivity contribution is 5.79. The van der Waals surface area contributed by atoms with E-state index in [-0.39, 0.29) is 17.7 Å². The van der Waals surface area contributed by atoms with Crippen molar-refractivity contribution < 1.29 is 18.0 Å². The Morgan fingerprint density at radius 3 is 2.39 bits per heavy atom. The Kier molecular flexibility index (Phi) is 5.34. The van der Waals surface area contributed by atoms with Crippen LogP contribution in [0.25, 0.3) is 11.0 Å². The molecule has 1 aromatic heterocycles. The Hall–Kier alpha value is -2.05. The molecule has 1 saturated carbocycles. The average Bonchev–Trinajstić information content (AvgIpc) is 3.08. The van der Waals surface area contributed by atoms with Crippen molar-refractivity contribution in [1.82, 2.24) is 14.5 Å². The van der Waals surface area contributed by atoms with Gasteiger partial charge in [-0.3, -0.25) is 4.79 Å². The predicted molar refractivity (Wildman–Crippen MR) is 101 cm³/mol. The predicted octanol–water partition coefficient (Wildman–Crippen LogP) is 4.87. The quantitative estimate of drug-likeness (QED) is 0.746. The maximum atomic E-state index is 13.5. The third-order valence-corrected chi connectivity index (χ3v) is 6.23. The lowest BCUT2D eigenvalue weighted by Gasteiger charge is -2.35. The van der Waals surface area contributed by atoms with E-state index in [0.717, 1.165) is 38.5 Å². The zero-order chi connectivity index (χ0) is 19.7. The van der Waals surface area contributed by atoms with Crippen LogP contribution in [0.2, 0.25) is 0 Å². The maximum absolute atomic E-state index is 13.5. The summed E-state index contributed by atoms with van der Waals surface area (Å²) >= 11 is 0. The number of carbonyl (C=O) groups is 1. The lowest BCUT2D eigenvalue weighted by atomic mass is 9.87. The highest BCUT2D eigenvalue weighted by Gasteiger charge is 2.38. The van der Waals surface area contributed by atoms with Gasteiger partial charge in [-0.05, 0) is 43.7 Å². The number of nitrogens with zero attached hydrogens (tertiary/aromatic N) is 3. The zero-order valence-electron chi connectivity index (χ0n) is 15.9. The number of amides is 1. The number of alkyl halides is 3. The summed E-state index contributed by atoms with van der Waals surface area (Å²) in [5, 5.41) is 0. The highest BCUT2D eigenvalue weighted by atomic mass is 19.4. The SMILES string of the molecule is O=C(C1CCCCC1)N1CCC(Cn2c(C(F)(F)F)nc3ccccc32)CC1. The topological polar surface area (TPSA) is 38.1 Å². The minimum absolute atomic E-state index is 0.120. The van der Waals surface area contributed by atoms with Crippen molar-refractivity contribution in [1.29, 1.82) is 0 Å². The van der Waals surface area contributed by atoms with E-state index >= 15 is 0 Å².